The molecule has 78 valence electrons. The minimum Gasteiger partial charge on any atom is -0.317 e. The van der Waals surface area contributed by atoms with Gasteiger partial charge in [0.2, 0.25) is 0 Å². The summed E-state index contributed by atoms with van der Waals surface area (Å²) in [5.74, 6) is 0. The second kappa shape index (κ2) is 5.07. The molecule has 1 N–H and O–H groups in total. The first-order valence-corrected chi connectivity index (χ1v) is 4.48. The zero-order valence-corrected chi connectivity index (χ0v) is 8.54. The molecule has 1 aromatic rings. The summed E-state index contributed by atoms with van der Waals surface area (Å²) in [6.07, 6.45) is 4.55. The molecule has 0 saturated carbocycles. The quantitative estimate of drug-likeness (QED) is 0.729. The van der Waals surface area contributed by atoms with Crippen LogP contribution in [0.4, 0.5) is 0 Å². The van der Waals surface area contributed by atoms with Gasteiger partial charge in [-0.05, 0) is 25.9 Å². The molecule has 0 spiro atoms. The van der Waals surface area contributed by atoms with E-state index in [0.717, 1.165) is 32.2 Å². The number of halogens is 1. The highest BCUT2D eigenvalue weighted by Crippen LogP contribution is 2.16. The van der Waals surface area contributed by atoms with Crippen molar-refractivity contribution < 1.29 is 4.79 Å². The van der Waals surface area contributed by atoms with E-state index in [1.165, 1.54) is 0 Å². The molecule has 6 heteroatoms. The zero-order chi connectivity index (χ0) is 9.10. The summed E-state index contributed by atoms with van der Waals surface area (Å²) in [4.78, 5) is 10.4. The van der Waals surface area contributed by atoms with Gasteiger partial charge in [0.25, 0.3) is 0 Å². The third kappa shape index (κ3) is 2.30. The Kier molecular flexibility index (Phi) is 4.03. The average molecular weight is 217 g/mol. The van der Waals surface area contributed by atoms with Crippen molar-refractivity contribution in [2.24, 2.45) is 0 Å². The molecule has 1 fully saturated rings. The molecule has 2 heterocycles. The number of nitrogens with zero attached hydrogens (tertiary/aromatic N) is 3. The fourth-order valence-corrected chi connectivity index (χ4v) is 1.59. The first-order valence-electron chi connectivity index (χ1n) is 4.48. The lowest BCUT2D eigenvalue weighted by Gasteiger charge is -2.21. The lowest BCUT2D eigenvalue weighted by atomic mass is 10.1. The molecule has 0 aliphatic carbocycles. The van der Waals surface area contributed by atoms with Gasteiger partial charge in [-0.1, -0.05) is 5.21 Å². The Morgan fingerprint density at radius 3 is 2.79 bits per heavy atom. The van der Waals surface area contributed by atoms with E-state index >= 15 is 0 Å². The van der Waals surface area contributed by atoms with Gasteiger partial charge in [-0.25, -0.2) is 4.68 Å². The van der Waals surface area contributed by atoms with E-state index < -0.39 is 0 Å². The maximum absolute atomic E-state index is 10.4. The fourth-order valence-electron chi connectivity index (χ4n) is 1.59. The van der Waals surface area contributed by atoms with E-state index in [1.54, 1.807) is 10.9 Å². The summed E-state index contributed by atoms with van der Waals surface area (Å²) in [5, 5.41) is 10.9. The Hall–Kier alpha value is -0.940. The molecular weight excluding hydrogens is 204 g/mol. The molecule has 14 heavy (non-hydrogen) atoms. The molecule has 0 radical (unpaired) electrons. The molecule has 1 aliphatic heterocycles. The largest absolute Gasteiger partial charge is 0.317 e. The minimum atomic E-state index is 0. The van der Waals surface area contributed by atoms with E-state index in [9.17, 15) is 4.79 Å². The number of hydrogen-bond acceptors (Lipinski definition) is 4. The fraction of sp³-hybridized carbons (Fsp3) is 0.625. The molecule has 0 bridgehead atoms. The second-order valence-electron chi connectivity index (χ2n) is 3.22. The summed E-state index contributed by atoms with van der Waals surface area (Å²) in [6, 6.07) is 0.405. The molecule has 0 atom stereocenters. The molecule has 0 unspecified atom stereocenters. The van der Waals surface area contributed by atoms with Crippen LogP contribution in [0, 0.1) is 0 Å². The van der Waals surface area contributed by atoms with Crippen LogP contribution in [0.15, 0.2) is 6.20 Å². The average Bonchev–Trinajstić information content (AvgIpc) is 2.67. The summed E-state index contributed by atoms with van der Waals surface area (Å²) in [5.41, 5.74) is 0.415. The highest BCUT2D eigenvalue weighted by atomic mass is 35.5. The lowest BCUT2D eigenvalue weighted by molar-refractivity contribution is 0.111. The van der Waals surface area contributed by atoms with E-state index in [-0.39, 0.29) is 12.4 Å². The monoisotopic (exact) mass is 216 g/mol. The SMILES string of the molecule is Cl.O=Cc1cn(C2CCNCC2)nn1. The predicted octanol–water partition coefficient (Wildman–Crippen LogP) is 0.437. The minimum absolute atomic E-state index is 0. The summed E-state index contributed by atoms with van der Waals surface area (Å²) < 4.78 is 1.80. The van der Waals surface area contributed by atoms with Gasteiger partial charge in [-0.3, -0.25) is 4.79 Å². The molecule has 2 rings (SSSR count). The van der Waals surface area contributed by atoms with E-state index in [1.807, 2.05) is 0 Å². The van der Waals surface area contributed by atoms with Crippen LogP contribution in [-0.2, 0) is 0 Å². The number of piperidine rings is 1. The van der Waals surface area contributed by atoms with Gasteiger partial charge in [0.15, 0.2) is 6.29 Å². The molecule has 1 aromatic heterocycles. The Balaban J connectivity index is 0.000000980. The van der Waals surface area contributed by atoms with Crippen molar-refractivity contribution >= 4 is 18.7 Å². The molecular formula is C8H13ClN4O. The second-order valence-corrected chi connectivity index (χ2v) is 3.22. The Labute approximate surface area is 88.3 Å². The van der Waals surface area contributed by atoms with E-state index in [0.29, 0.717) is 11.7 Å². The van der Waals surface area contributed by atoms with Crippen molar-refractivity contribution in [3.8, 4) is 0 Å². The van der Waals surface area contributed by atoms with E-state index in [4.69, 9.17) is 0 Å². The molecule has 0 amide bonds. The van der Waals surface area contributed by atoms with Crippen molar-refractivity contribution in [3.05, 3.63) is 11.9 Å². The topological polar surface area (TPSA) is 59.8 Å². The molecule has 0 aromatic carbocycles. The molecule has 1 aliphatic rings. The first kappa shape index (κ1) is 11.1. The predicted molar refractivity (Wildman–Crippen MR) is 53.8 cm³/mol. The number of hydrogen-bond donors (Lipinski definition) is 1. The van der Waals surface area contributed by atoms with Crippen LogP contribution in [0.1, 0.15) is 29.4 Å². The van der Waals surface area contributed by atoms with Crippen LogP contribution in [0.2, 0.25) is 0 Å². The van der Waals surface area contributed by atoms with Gasteiger partial charge in [-0.15, -0.1) is 17.5 Å². The maximum Gasteiger partial charge on any atom is 0.171 e. The number of aldehydes is 1. The Morgan fingerprint density at radius 1 is 1.50 bits per heavy atom. The number of aromatic nitrogens is 3. The van der Waals surface area contributed by atoms with Crippen LogP contribution >= 0.6 is 12.4 Å². The van der Waals surface area contributed by atoms with Crippen molar-refractivity contribution in [2.75, 3.05) is 13.1 Å². The number of carbonyl (C=O) groups excluding carboxylic acids is 1. The summed E-state index contributed by atoms with van der Waals surface area (Å²) >= 11 is 0. The van der Waals surface area contributed by atoms with Crippen molar-refractivity contribution in [2.45, 2.75) is 18.9 Å². The first-order chi connectivity index (χ1) is 6.40. The van der Waals surface area contributed by atoms with Crippen molar-refractivity contribution in [1.29, 1.82) is 0 Å². The molecule has 1 saturated heterocycles. The van der Waals surface area contributed by atoms with Crippen LogP contribution in [0.5, 0.6) is 0 Å². The van der Waals surface area contributed by atoms with Gasteiger partial charge in [0, 0.05) is 0 Å². The van der Waals surface area contributed by atoms with Crippen LogP contribution < -0.4 is 5.32 Å². The Bertz CT molecular complexity index is 295. The smallest absolute Gasteiger partial charge is 0.171 e. The van der Waals surface area contributed by atoms with Crippen molar-refractivity contribution in [1.82, 2.24) is 20.3 Å². The van der Waals surface area contributed by atoms with Crippen LogP contribution in [-0.4, -0.2) is 34.4 Å². The van der Waals surface area contributed by atoms with Gasteiger partial charge < -0.3 is 5.32 Å². The van der Waals surface area contributed by atoms with Gasteiger partial charge in [-0.2, -0.15) is 0 Å². The third-order valence-electron chi connectivity index (χ3n) is 2.33. The van der Waals surface area contributed by atoms with Crippen molar-refractivity contribution in [3.63, 3.8) is 0 Å². The Morgan fingerprint density at radius 2 is 2.21 bits per heavy atom. The number of carbonyl (C=O) groups is 1. The number of rotatable bonds is 2. The maximum atomic E-state index is 10.4. The van der Waals surface area contributed by atoms with Gasteiger partial charge in [0.05, 0.1) is 12.2 Å². The zero-order valence-electron chi connectivity index (χ0n) is 7.72. The lowest BCUT2D eigenvalue weighted by Crippen LogP contribution is -2.29. The van der Waals surface area contributed by atoms with E-state index in [2.05, 4.69) is 15.6 Å². The normalized spacial score (nSPS) is 17.4. The van der Waals surface area contributed by atoms with Crippen LogP contribution in [0.25, 0.3) is 0 Å². The van der Waals surface area contributed by atoms with Gasteiger partial charge in [0.1, 0.15) is 5.69 Å². The van der Waals surface area contributed by atoms with Gasteiger partial charge >= 0.3 is 0 Å². The molecule has 5 nitrogen and oxygen atoms in total. The highest BCUT2D eigenvalue weighted by Gasteiger charge is 2.15. The highest BCUT2D eigenvalue weighted by molar-refractivity contribution is 5.85. The van der Waals surface area contributed by atoms with Crippen LogP contribution in [0.3, 0.4) is 0 Å². The summed E-state index contributed by atoms with van der Waals surface area (Å²) in [6.45, 7) is 2.03. The third-order valence-corrected chi connectivity index (χ3v) is 2.33. The summed E-state index contributed by atoms with van der Waals surface area (Å²) in [7, 11) is 0. The number of nitrogens with one attached hydrogen (secondary N) is 1. The standard InChI is InChI=1S/C8H12N4O.ClH/c13-6-7-5-12(11-10-7)8-1-3-9-4-2-8;/h5-6,8-9H,1-4H2;1H.